The van der Waals surface area contributed by atoms with Crippen LogP contribution in [0.1, 0.15) is 10.4 Å². The van der Waals surface area contributed by atoms with Gasteiger partial charge in [-0.1, -0.05) is 0 Å². The van der Waals surface area contributed by atoms with Gasteiger partial charge in [0.2, 0.25) is 16.6 Å². The number of hydrogen-bond donors (Lipinski definition) is 2. The zero-order valence-electron chi connectivity index (χ0n) is 11.8. The van der Waals surface area contributed by atoms with E-state index >= 15 is 0 Å². The number of nitrogens with zero attached hydrogens (tertiary/aromatic N) is 3. The zero-order valence-corrected chi connectivity index (χ0v) is 12.6. The van der Waals surface area contributed by atoms with Gasteiger partial charge in [0.05, 0.1) is 6.26 Å². The highest BCUT2D eigenvalue weighted by molar-refractivity contribution is 7.71. The Morgan fingerprint density at radius 3 is 2.74 bits per heavy atom. The van der Waals surface area contributed by atoms with Crippen LogP contribution in [0.25, 0.3) is 0 Å². The summed E-state index contributed by atoms with van der Waals surface area (Å²) in [5.41, 5.74) is 8.99. The lowest BCUT2D eigenvalue weighted by molar-refractivity contribution is 0.0967. The predicted octanol–water partition coefficient (Wildman–Crippen LogP) is 2.49. The molecule has 0 saturated heterocycles. The molecule has 2 heterocycles. The maximum Gasteiger partial charge on any atom is 0.240 e. The quantitative estimate of drug-likeness (QED) is 0.551. The second-order valence-electron chi connectivity index (χ2n) is 4.65. The minimum absolute atomic E-state index is 0.0818. The van der Waals surface area contributed by atoms with Crippen molar-refractivity contribution < 1.29 is 13.6 Å². The molecule has 0 saturated carbocycles. The molecule has 2 aromatic heterocycles. The number of benzene rings is 1. The highest BCUT2D eigenvalue weighted by Gasteiger charge is 2.13. The first kappa shape index (κ1) is 15.0. The number of nitrogen functional groups attached to an aromatic ring is 1. The number of nitrogens with two attached hydrogens (primary N) is 1. The molecule has 0 radical (unpaired) electrons. The third-order valence-electron chi connectivity index (χ3n) is 3.07. The molecule has 118 valence electrons. The number of nitrogens with one attached hydrogen (secondary N) is 1. The lowest BCUT2D eigenvalue weighted by atomic mass is 10.1. The van der Waals surface area contributed by atoms with E-state index in [-0.39, 0.29) is 23.0 Å². The average molecular weight is 333 g/mol. The fraction of sp³-hybridized carbons (Fsp3) is 0.0714. The number of carbonyl (C=O) groups is 1. The van der Waals surface area contributed by atoms with Crippen molar-refractivity contribution in [3.05, 3.63) is 58.8 Å². The predicted molar refractivity (Wildman–Crippen MR) is 83.9 cm³/mol. The van der Waals surface area contributed by atoms with E-state index in [4.69, 9.17) is 22.4 Å². The molecular formula is C14H12FN5O2S. The van der Waals surface area contributed by atoms with Crippen molar-refractivity contribution in [3.63, 3.8) is 0 Å². The summed E-state index contributed by atoms with van der Waals surface area (Å²) in [5.74, 6) is -0.159. The lowest BCUT2D eigenvalue weighted by Gasteiger charge is -2.04. The van der Waals surface area contributed by atoms with Crippen molar-refractivity contribution >= 4 is 29.8 Å². The normalized spacial score (nSPS) is 10.7. The Balaban J connectivity index is 1.82. The van der Waals surface area contributed by atoms with Crippen molar-refractivity contribution in [2.24, 2.45) is 0 Å². The number of ketones is 1. The zero-order chi connectivity index (χ0) is 16.4. The minimum Gasteiger partial charge on any atom is -0.447 e. The first-order chi connectivity index (χ1) is 11.0. The van der Waals surface area contributed by atoms with Crippen LogP contribution in [-0.2, 0) is 6.54 Å². The standard InChI is InChI=1S/C14H12FN5O2S/c15-10-5-3-9(4-6-10)11(21)8-19-14(23)20(13(16)18-19)17-12-2-1-7-22-12/h1-7,17H,8H2,(H2,16,18). The molecule has 7 nitrogen and oxygen atoms in total. The number of rotatable bonds is 5. The van der Waals surface area contributed by atoms with E-state index in [1.165, 1.54) is 39.9 Å². The SMILES string of the molecule is Nc1nn(CC(=O)c2ccc(F)cc2)c(=S)n1Nc1ccco1. The Morgan fingerprint density at radius 1 is 1.35 bits per heavy atom. The van der Waals surface area contributed by atoms with Gasteiger partial charge in [-0.15, -0.1) is 5.10 Å². The summed E-state index contributed by atoms with van der Waals surface area (Å²) in [6.07, 6.45) is 1.49. The molecule has 0 fully saturated rings. The first-order valence-corrected chi connectivity index (χ1v) is 7.00. The smallest absolute Gasteiger partial charge is 0.240 e. The second-order valence-corrected chi connectivity index (χ2v) is 5.02. The van der Waals surface area contributed by atoms with E-state index in [2.05, 4.69) is 10.5 Å². The largest absolute Gasteiger partial charge is 0.447 e. The number of anilines is 2. The van der Waals surface area contributed by atoms with Crippen LogP contribution in [0.15, 0.2) is 47.1 Å². The van der Waals surface area contributed by atoms with Gasteiger partial charge in [0.15, 0.2) is 5.78 Å². The van der Waals surface area contributed by atoms with Gasteiger partial charge in [-0.05, 0) is 42.5 Å². The van der Waals surface area contributed by atoms with Gasteiger partial charge in [0.1, 0.15) is 12.4 Å². The van der Waals surface area contributed by atoms with E-state index in [0.29, 0.717) is 11.4 Å². The Hall–Kier alpha value is -2.94. The number of halogens is 1. The Morgan fingerprint density at radius 2 is 2.09 bits per heavy atom. The highest BCUT2D eigenvalue weighted by Crippen LogP contribution is 2.11. The van der Waals surface area contributed by atoms with Crippen molar-refractivity contribution in [2.75, 3.05) is 11.2 Å². The number of hydrogen-bond acceptors (Lipinski definition) is 6. The minimum atomic E-state index is -0.408. The maximum absolute atomic E-state index is 12.9. The third kappa shape index (κ3) is 3.14. The summed E-state index contributed by atoms with van der Waals surface area (Å²) in [6.45, 7) is -0.110. The Kier molecular flexibility index (Phi) is 3.94. The first-order valence-electron chi connectivity index (χ1n) is 6.59. The van der Waals surface area contributed by atoms with E-state index < -0.39 is 5.82 Å². The van der Waals surface area contributed by atoms with Crippen molar-refractivity contribution in [2.45, 2.75) is 6.54 Å². The number of carbonyl (C=O) groups excluding carboxylic acids is 1. The van der Waals surface area contributed by atoms with E-state index in [1.54, 1.807) is 12.1 Å². The molecule has 0 aliphatic carbocycles. The van der Waals surface area contributed by atoms with Crippen molar-refractivity contribution in [1.82, 2.24) is 14.5 Å². The van der Waals surface area contributed by atoms with Crippen LogP contribution >= 0.6 is 12.2 Å². The monoisotopic (exact) mass is 333 g/mol. The summed E-state index contributed by atoms with van der Waals surface area (Å²) in [7, 11) is 0. The molecule has 1 aromatic carbocycles. The molecule has 0 atom stereocenters. The molecule has 3 rings (SSSR count). The van der Waals surface area contributed by atoms with Gasteiger partial charge in [0.25, 0.3) is 0 Å². The average Bonchev–Trinajstić information content (AvgIpc) is 3.12. The molecule has 3 N–H and O–H groups in total. The van der Waals surface area contributed by atoms with Gasteiger partial charge in [-0.25, -0.2) is 9.07 Å². The molecule has 0 aliphatic rings. The number of aromatic nitrogens is 3. The van der Waals surface area contributed by atoms with Gasteiger partial charge in [-0.3, -0.25) is 10.2 Å². The second kappa shape index (κ2) is 6.05. The molecular weight excluding hydrogens is 321 g/mol. The maximum atomic E-state index is 12.9. The topological polar surface area (TPSA) is 91.0 Å². The van der Waals surface area contributed by atoms with Crippen LogP contribution < -0.4 is 11.2 Å². The van der Waals surface area contributed by atoms with E-state index in [1.807, 2.05) is 0 Å². The van der Waals surface area contributed by atoms with Crippen LogP contribution in [0.5, 0.6) is 0 Å². The van der Waals surface area contributed by atoms with Crippen LogP contribution in [0.3, 0.4) is 0 Å². The lowest BCUT2D eigenvalue weighted by Crippen LogP contribution is -2.14. The van der Waals surface area contributed by atoms with Gasteiger partial charge in [-0.2, -0.15) is 4.68 Å². The van der Waals surface area contributed by atoms with Crippen LogP contribution in [0.2, 0.25) is 0 Å². The van der Waals surface area contributed by atoms with Crippen LogP contribution in [-0.4, -0.2) is 20.2 Å². The van der Waals surface area contributed by atoms with Gasteiger partial charge < -0.3 is 10.2 Å². The summed E-state index contributed by atoms with van der Waals surface area (Å²) in [4.78, 5) is 12.2. The Bertz CT molecular complexity index is 883. The fourth-order valence-electron chi connectivity index (χ4n) is 1.95. The molecule has 0 unspecified atom stereocenters. The number of Topliss-reactive ketones (excluding diaryl/α,β-unsaturated/α-hetero) is 1. The Labute approximate surface area is 135 Å². The summed E-state index contributed by atoms with van der Waals surface area (Å²) >= 11 is 5.24. The molecule has 23 heavy (non-hydrogen) atoms. The molecule has 0 amide bonds. The van der Waals surface area contributed by atoms with E-state index in [9.17, 15) is 9.18 Å². The molecule has 0 spiro atoms. The molecule has 9 heteroatoms. The highest BCUT2D eigenvalue weighted by atomic mass is 32.1. The fourth-order valence-corrected chi connectivity index (χ4v) is 2.19. The summed E-state index contributed by atoms with van der Waals surface area (Å²) in [5, 5.41) is 4.03. The summed E-state index contributed by atoms with van der Waals surface area (Å²) < 4.78 is 20.9. The molecule has 0 aliphatic heterocycles. The summed E-state index contributed by atoms with van der Waals surface area (Å²) in [6, 6.07) is 8.63. The van der Waals surface area contributed by atoms with Crippen LogP contribution in [0, 0.1) is 10.6 Å². The van der Waals surface area contributed by atoms with E-state index in [0.717, 1.165) is 0 Å². The van der Waals surface area contributed by atoms with Crippen LogP contribution in [0.4, 0.5) is 16.2 Å². The number of furan rings is 1. The molecule has 3 aromatic rings. The van der Waals surface area contributed by atoms with Crippen molar-refractivity contribution in [3.8, 4) is 0 Å². The molecule has 0 bridgehead atoms. The third-order valence-corrected chi connectivity index (χ3v) is 3.46. The van der Waals surface area contributed by atoms with Gasteiger partial charge >= 0.3 is 0 Å². The van der Waals surface area contributed by atoms with Gasteiger partial charge in [0, 0.05) is 11.6 Å². The van der Waals surface area contributed by atoms with Crippen molar-refractivity contribution in [1.29, 1.82) is 0 Å².